The first kappa shape index (κ1) is 29.2. The number of carbonyl (C=O) groups is 1. The van der Waals surface area contributed by atoms with E-state index in [0.717, 1.165) is 5.66 Å². The Kier molecular flexibility index (Phi) is 13.3. The molecule has 0 bridgehead atoms. The first-order valence-corrected chi connectivity index (χ1v) is 13.8. The Morgan fingerprint density at radius 2 is 1.33 bits per heavy atom. The molecule has 0 aliphatic heterocycles. The standard InChI is InChI=1S/C27H28O2P.C5H5.Fe/c28-27(29-21-11-14-22-12-4-1-5-13-22)25-19-10-20-26(25)30(23-15-6-2-7-16-23)24-17-8-3-9-18-24;1-2-4-5-3-1;/h2-3,6-11,14-20,22H,1,4-5,12-13,21H2;1-5H;/b14-11+;;. The number of ether oxygens (including phenoxy) is 1. The number of esters is 1. The van der Waals surface area contributed by atoms with Crippen molar-refractivity contribution in [3.63, 3.8) is 0 Å². The van der Waals surface area contributed by atoms with Crippen LogP contribution >= 0.6 is 7.92 Å². The van der Waals surface area contributed by atoms with E-state index in [1.807, 2.05) is 63.2 Å². The van der Waals surface area contributed by atoms with Crippen LogP contribution in [0.5, 0.6) is 0 Å². The largest absolute Gasteiger partial charge is 0.461 e. The molecule has 3 aliphatic rings. The van der Waals surface area contributed by atoms with Gasteiger partial charge in [0, 0.05) is 22.7 Å². The van der Waals surface area contributed by atoms with E-state index in [-0.39, 0.29) is 23.0 Å². The van der Waals surface area contributed by atoms with Crippen LogP contribution < -0.4 is 10.6 Å². The van der Waals surface area contributed by atoms with Gasteiger partial charge in [-0.25, -0.2) is 0 Å². The Balaban J connectivity index is 0.000000538. The number of benzene rings is 2. The predicted octanol–water partition coefficient (Wildman–Crippen LogP) is 6.55. The zero-order valence-electron chi connectivity index (χ0n) is 20.5. The van der Waals surface area contributed by atoms with Gasteiger partial charge in [-0.15, -0.1) is 0 Å². The molecule has 0 unspecified atom stereocenters. The summed E-state index contributed by atoms with van der Waals surface area (Å²) in [6, 6.07) is 20.9. The number of hydrogen-bond donors (Lipinski definition) is 0. The molecule has 186 valence electrons. The summed E-state index contributed by atoms with van der Waals surface area (Å²) in [6.45, 7) is 0.342. The maximum Gasteiger partial charge on any atom is 0.314 e. The number of carbonyl (C=O) groups excluding carboxylic acids is 1. The molecule has 0 spiro atoms. The van der Waals surface area contributed by atoms with Crippen molar-refractivity contribution in [1.82, 2.24) is 0 Å². The molecule has 2 nitrogen and oxygen atoms in total. The molecular weight excluding hydrogens is 503 g/mol. The molecule has 2 aromatic rings. The quantitative estimate of drug-likeness (QED) is 0.174. The zero-order chi connectivity index (χ0) is 24.1. The minimum atomic E-state index is -0.810. The zero-order valence-corrected chi connectivity index (χ0v) is 22.5. The summed E-state index contributed by atoms with van der Waals surface area (Å²) in [5, 5.41) is 2.47. The van der Waals surface area contributed by atoms with Crippen molar-refractivity contribution < 1.29 is 26.6 Å². The van der Waals surface area contributed by atoms with Gasteiger partial charge in [-0.2, -0.15) is 0 Å². The van der Waals surface area contributed by atoms with Crippen LogP contribution in [0.1, 0.15) is 32.1 Å². The fraction of sp³-hybridized carbons (Fsp3) is 0.219. The summed E-state index contributed by atoms with van der Waals surface area (Å²) in [6.07, 6.45) is 26.7. The maximum absolute atomic E-state index is 12.9. The Morgan fingerprint density at radius 1 is 0.778 bits per heavy atom. The van der Waals surface area contributed by atoms with Crippen LogP contribution in [0.15, 0.2) is 72.8 Å². The van der Waals surface area contributed by atoms with E-state index in [1.165, 1.54) is 42.7 Å². The van der Waals surface area contributed by atoms with Crippen molar-refractivity contribution in [2.24, 2.45) is 5.92 Å². The molecule has 0 atom stereocenters. The van der Waals surface area contributed by atoms with Gasteiger partial charge in [0.25, 0.3) is 0 Å². The second kappa shape index (κ2) is 16.4. The molecule has 0 aromatic heterocycles. The molecule has 2 aromatic carbocycles. The van der Waals surface area contributed by atoms with E-state index in [9.17, 15) is 4.79 Å². The molecular formula is C32H33FeO2P. The fourth-order valence-electron chi connectivity index (χ4n) is 4.46. The molecule has 3 fully saturated rings. The van der Waals surface area contributed by atoms with Crippen molar-refractivity contribution >= 4 is 24.5 Å². The summed E-state index contributed by atoms with van der Waals surface area (Å²) in [5.41, 5.74) is 1.06. The molecule has 10 radical (unpaired) electrons. The Bertz CT molecular complexity index is 844. The van der Waals surface area contributed by atoms with E-state index in [1.54, 1.807) is 0 Å². The van der Waals surface area contributed by atoms with Crippen LogP contribution in [0.4, 0.5) is 0 Å². The molecule has 0 amide bonds. The van der Waals surface area contributed by atoms with Crippen molar-refractivity contribution in [1.29, 1.82) is 0 Å². The molecule has 3 aliphatic carbocycles. The average Bonchev–Trinajstić information content (AvgIpc) is 3.65. The first-order valence-electron chi connectivity index (χ1n) is 12.5. The molecule has 4 heteroatoms. The predicted molar refractivity (Wildman–Crippen MR) is 147 cm³/mol. The smallest absolute Gasteiger partial charge is 0.314 e. The number of hydrogen-bond acceptors (Lipinski definition) is 2. The maximum atomic E-state index is 12.9. The number of allylic oxidation sites excluding steroid dienone is 1. The van der Waals surface area contributed by atoms with E-state index < -0.39 is 7.92 Å². The normalized spacial score (nSPS) is 19.1. The van der Waals surface area contributed by atoms with Crippen molar-refractivity contribution in [3.05, 3.63) is 136 Å². The second-order valence-corrected chi connectivity index (χ2v) is 10.9. The topological polar surface area (TPSA) is 26.3 Å². The Hall–Kier alpha value is -1.40. The molecule has 36 heavy (non-hydrogen) atoms. The third kappa shape index (κ3) is 8.86. The summed E-state index contributed by atoms with van der Waals surface area (Å²) in [5.74, 6) is 1.10. The van der Waals surface area contributed by atoms with Crippen LogP contribution in [0, 0.1) is 68.9 Å². The van der Waals surface area contributed by atoms with Gasteiger partial charge in [-0.3, -0.25) is 4.79 Å². The summed E-state index contributed by atoms with van der Waals surface area (Å²) < 4.78 is 5.62. The van der Waals surface area contributed by atoms with Crippen LogP contribution in [-0.2, 0) is 26.6 Å². The van der Waals surface area contributed by atoms with Crippen LogP contribution in [0.25, 0.3) is 0 Å². The van der Waals surface area contributed by atoms with Crippen LogP contribution in [-0.4, -0.2) is 12.6 Å². The second-order valence-electron chi connectivity index (χ2n) is 8.72. The van der Waals surface area contributed by atoms with Gasteiger partial charge in [0.2, 0.25) is 0 Å². The van der Waals surface area contributed by atoms with Crippen LogP contribution in [0.2, 0.25) is 0 Å². The van der Waals surface area contributed by atoms with Crippen LogP contribution in [0.3, 0.4) is 0 Å². The van der Waals surface area contributed by atoms with Gasteiger partial charge in [0.05, 0.1) is 0 Å². The molecule has 5 rings (SSSR count). The SMILES string of the molecule is O=C(OC/C=C/C1CCCCC1)[C]1[CH][CH][CH][C]1P(c1ccccc1)c1ccccc1.[CH]1[CH][CH][CH][CH]1.[Fe]. The Morgan fingerprint density at radius 3 is 1.89 bits per heavy atom. The van der Waals surface area contributed by atoms with E-state index in [0.29, 0.717) is 18.4 Å². The van der Waals surface area contributed by atoms with Gasteiger partial charge < -0.3 is 4.74 Å². The van der Waals surface area contributed by atoms with Gasteiger partial charge in [0.1, 0.15) is 12.5 Å². The molecule has 0 N–H and O–H groups in total. The van der Waals surface area contributed by atoms with Gasteiger partial charge in [-0.1, -0.05) is 92.1 Å². The minimum absolute atomic E-state index is 0. The Labute approximate surface area is 230 Å². The van der Waals surface area contributed by atoms with Crippen molar-refractivity contribution in [3.8, 4) is 0 Å². The minimum Gasteiger partial charge on any atom is -0.461 e. The first-order chi connectivity index (χ1) is 17.3. The van der Waals surface area contributed by atoms with Gasteiger partial charge in [-0.05, 0) is 88.7 Å². The molecule has 0 saturated heterocycles. The third-order valence-electron chi connectivity index (χ3n) is 6.21. The molecule has 0 heterocycles. The third-order valence-corrected chi connectivity index (χ3v) is 8.71. The summed E-state index contributed by atoms with van der Waals surface area (Å²) in [7, 11) is -0.810. The van der Waals surface area contributed by atoms with Gasteiger partial charge in [0.15, 0.2) is 0 Å². The number of rotatable bonds is 7. The van der Waals surface area contributed by atoms with E-state index in [2.05, 4.69) is 61.0 Å². The molecule has 3 saturated carbocycles. The van der Waals surface area contributed by atoms with Crippen molar-refractivity contribution in [2.45, 2.75) is 32.1 Å². The monoisotopic (exact) mass is 536 g/mol. The summed E-state index contributed by atoms with van der Waals surface area (Å²) in [4.78, 5) is 12.9. The van der Waals surface area contributed by atoms with Gasteiger partial charge >= 0.3 is 5.97 Å². The van der Waals surface area contributed by atoms with E-state index >= 15 is 0 Å². The van der Waals surface area contributed by atoms with E-state index in [4.69, 9.17) is 4.74 Å². The summed E-state index contributed by atoms with van der Waals surface area (Å²) >= 11 is 0. The fourth-order valence-corrected chi connectivity index (χ4v) is 6.89. The van der Waals surface area contributed by atoms with Crippen molar-refractivity contribution in [2.75, 3.05) is 6.61 Å². The average molecular weight is 536 g/mol.